The summed E-state index contributed by atoms with van der Waals surface area (Å²) in [5.41, 5.74) is 4.95. The minimum absolute atomic E-state index is 0.0109. The molecule has 10 heteroatoms. The summed E-state index contributed by atoms with van der Waals surface area (Å²) in [5.74, 6) is -1.11. The number of hydrogen-bond acceptors (Lipinski definition) is 5. The molecule has 1 aromatic heterocycles. The molecule has 196 valence electrons. The third-order valence-electron chi connectivity index (χ3n) is 6.43. The Morgan fingerprint density at radius 2 is 1.86 bits per heavy atom. The van der Waals surface area contributed by atoms with Crippen molar-refractivity contribution >= 4 is 22.6 Å². The zero-order chi connectivity index (χ0) is 26.9. The average Bonchev–Trinajstić information content (AvgIpc) is 3.21. The molecule has 3 aromatic rings. The van der Waals surface area contributed by atoms with E-state index in [1.807, 2.05) is 13.8 Å². The van der Waals surface area contributed by atoms with E-state index in [1.54, 1.807) is 18.2 Å². The molecule has 7 nitrogen and oxygen atoms in total. The van der Waals surface area contributed by atoms with Crippen molar-refractivity contribution in [3.05, 3.63) is 70.0 Å². The first-order chi connectivity index (χ1) is 17.4. The second kappa shape index (κ2) is 10.4. The SMILES string of the molecule is CC(C)C[C@H](N)C(=O)OC[C@H]1C[C@H](c2ccc3cc(-c4ccccc4C(F)(F)F)[nH]c(=O)c3c2)C(=O)N1. The predicted molar refractivity (Wildman–Crippen MR) is 133 cm³/mol. The normalized spacial score (nSPS) is 18.7. The molecule has 1 amide bonds. The van der Waals surface area contributed by atoms with E-state index in [0.717, 1.165) is 6.07 Å². The highest BCUT2D eigenvalue weighted by atomic mass is 19.4. The number of pyridine rings is 1. The fraction of sp³-hybridized carbons (Fsp3) is 0.370. The van der Waals surface area contributed by atoms with Gasteiger partial charge >= 0.3 is 12.1 Å². The van der Waals surface area contributed by atoms with Gasteiger partial charge in [0.2, 0.25) is 5.91 Å². The van der Waals surface area contributed by atoms with Crippen molar-refractivity contribution in [1.82, 2.24) is 10.3 Å². The second-order valence-electron chi connectivity index (χ2n) is 9.76. The molecule has 1 aliphatic heterocycles. The Kier molecular flexibility index (Phi) is 7.40. The van der Waals surface area contributed by atoms with Gasteiger partial charge in [0, 0.05) is 16.6 Å². The van der Waals surface area contributed by atoms with Gasteiger partial charge in [-0.3, -0.25) is 14.4 Å². The lowest BCUT2D eigenvalue weighted by Gasteiger charge is -2.16. The molecule has 4 rings (SSSR count). The maximum absolute atomic E-state index is 13.5. The number of rotatable bonds is 7. The number of alkyl halides is 3. The van der Waals surface area contributed by atoms with Crippen LogP contribution in [0.25, 0.3) is 22.0 Å². The van der Waals surface area contributed by atoms with Crippen LogP contribution in [0.5, 0.6) is 0 Å². The van der Waals surface area contributed by atoms with Crippen LogP contribution in [0, 0.1) is 5.92 Å². The van der Waals surface area contributed by atoms with Crippen LogP contribution in [-0.4, -0.2) is 35.6 Å². The van der Waals surface area contributed by atoms with Gasteiger partial charge in [0.05, 0.1) is 17.5 Å². The molecule has 37 heavy (non-hydrogen) atoms. The third-order valence-corrected chi connectivity index (χ3v) is 6.43. The number of ether oxygens (including phenoxy) is 1. The van der Waals surface area contributed by atoms with Gasteiger partial charge in [-0.25, -0.2) is 0 Å². The minimum Gasteiger partial charge on any atom is -0.462 e. The molecule has 0 radical (unpaired) electrons. The number of benzene rings is 2. The molecular formula is C27H28F3N3O4. The number of aromatic nitrogens is 1. The van der Waals surface area contributed by atoms with Gasteiger partial charge in [0.15, 0.2) is 0 Å². The maximum Gasteiger partial charge on any atom is 0.417 e. The zero-order valence-electron chi connectivity index (χ0n) is 20.4. The van der Waals surface area contributed by atoms with E-state index in [-0.39, 0.29) is 35.1 Å². The Morgan fingerprint density at radius 3 is 2.57 bits per heavy atom. The quantitative estimate of drug-likeness (QED) is 0.410. The first kappa shape index (κ1) is 26.4. The van der Waals surface area contributed by atoms with Crippen molar-refractivity contribution in [2.45, 2.75) is 50.9 Å². The van der Waals surface area contributed by atoms with E-state index < -0.39 is 41.3 Å². The largest absolute Gasteiger partial charge is 0.462 e. The van der Waals surface area contributed by atoms with Crippen LogP contribution in [0.2, 0.25) is 0 Å². The molecule has 0 bridgehead atoms. The van der Waals surface area contributed by atoms with Gasteiger partial charge in [-0.05, 0) is 47.9 Å². The summed E-state index contributed by atoms with van der Waals surface area (Å²) in [4.78, 5) is 40.1. The van der Waals surface area contributed by atoms with E-state index in [2.05, 4.69) is 10.3 Å². The van der Waals surface area contributed by atoms with Gasteiger partial charge in [0.1, 0.15) is 12.6 Å². The molecule has 2 heterocycles. The summed E-state index contributed by atoms with van der Waals surface area (Å²) in [6, 6.07) is 10.3. The molecule has 0 aliphatic carbocycles. The van der Waals surface area contributed by atoms with Crippen molar-refractivity contribution in [3.8, 4) is 11.3 Å². The highest BCUT2D eigenvalue weighted by Crippen LogP contribution is 2.37. The number of nitrogens with one attached hydrogen (secondary N) is 2. The van der Waals surface area contributed by atoms with Crippen molar-refractivity contribution in [1.29, 1.82) is 0 Å². The Morgan fingerprint density at radius 1 is 1.14 bits per heavy atom. The number of fused-ring (bicyclic) bond motifs is 1. The topological polar surface area (TPSA) is 114 Å². The molecular weight excluding hydrogens is 487 g/mol. The number of halogens is 3. The van der Waals surface area contributed by atoms with E-state index >= 15 is 0 Å². The molecule has 0 spiro atoms. The summed E-state index contributed by atoms with van der Waals surface area (Å²) in [7, 11) is 0. The van der Waals surface area contributed by atoms with E-state index in [4.69, 9.17) is 10.5 Å². The standard InChI is InChI=1S/C27H28F3N3O4/c1-14(2)9-22(31)26(36)37-13-17-12-20(24(34)32-17)15-7-8-16-11-23(33-25(35)19(16)10-15)18-5-3-4-6-21(18)27(28,29)30/h3-8,10-11,14,17,20,22H,9,12-13,31H2,1-2H3,(H,32,34)(H,33,35)/t17-,20-,22+/m1/s1. The highest BCUT2D eigenvalue weighted by molar-refractivity contribution is 5.90. The lowest BCUT2D eigenvalue weighted by molar-refractivity contribution is -0.146. The van der Waals surface area contributed by atoms with E-state index in [0.29, 0.717) is 23.8 Å². The van der Waals surface area contributed by atoms with Gasteiger partial charge in [-0.2, -0.15) is 13.2 Å². The monoisotopic (exact) mass is 515 g/mol. The van der Waals surface area contributed by atoms with Gasteiger partial charge in [-0.1, -0.05) is 44.2 Å². The molecule has 4 N–H and O–H groups in total. The van der Waals surface area contributed by atoms with Crippen LogP contribution >= 0.6 is 0 Å². The van der Waals surface area contributed by atoms with Crippen LogP contribution in [0.15, 0.2) is 53.3 Å². The highest BCUT2D eigenvalue weighted by Gasteiger charge is 2.35. The lowest BCUT2D eigenvalue weighted by Crippen LogP contribution is -2.37. The molecule has 0 unspecified atom stereocenters. The van der Waals surface area contributed by atoms with Crippen LogP contribution < -0.4 is 16.6 Å². The summed E-state index contributed by atoms with van der Waals surface area (Å²) < 4.78 is 45.7. The Balaban J connectivity index is 1.53. The van der Waals surface area contributed by atoms with Crippen LogP contribution in [0.4, 0.5) is 13.2 Å². The van der Waals surface area contributed by atoms with Crippen molar-refractivity contribution in [2.75, 3.05) is 6.61 Å². The number of aromatic amines is 1. The van der Waals surface area contributed by atoms with Crippen LogP contribution in [0.1, 0.15) is 43.7 Å². The number of hydrogen-bond donors (Lipinski definition) is 3. The minimum atomic E-state index is -4.58. The van der Waals surface area contributed by atoms with E-state index in [1.165, 1.54) is 24.3 Å². The second-order valence-corrected chi connectivity index (χ2v) is 9.76. The molecule has 1 fully saturated rings. The first-order valence-corrected chi connectivity index (χ1v) is 12.0. The van der Waals surface area contributed by atoms with E-state index in [9.17, 15) is 27.6 Å². The molecule has 1 aliphatic rings. The fourth-order valence-corrected chi connectivity index (χ4v) is 4.65. The summed E-state index contributed by atoms with van der Waals surface area (Å²) >= 11 is 0. The van der Waals surface area contributed by atoms with Crippen LogP contribution in [-0.2, 0) is 20.5 Å². The Hall–Kier alpha value is -3.66. The van der Waals surface area contributed by atoms with Crippen molar-refractivity contribution in [2.24, 2.45) is 11.7 Å². The summed E-state index contributed by atoms with van der Waals surface area (Å²) in [6.07, 6.45) is -3.73. The summed E-state index contributed by atoms with van der Waals surface area (Å²) in [6.45, 7) is 3.89. The lowest BCUT2D eigenvalue weighted by atomic mass is 9.93. The Labute approximate surface area is 211 Å². The molecule has 2 aromatic carbocycles. The van der Waals surface area contributed by atoms with Crippen molar-refractivity contribution < 1.29 is 27.5 Å². The smallest absolute Gasteiger partial charge is 0.417 e. The van der Waals surface area contributed by atoms with Crippen molar-refractivity contribution in [3.63, 3.8) is 0 Å². The number of H-pyrrole nitrogens is 1. The number of amides is 1. The Bertz CT molecular complexity index is 1380. The number of carbonyl (C=O) groups excluding carboxylic acids is 2. The van der Waals surface area contributed by atoms with Gasteiger partial charge < -0.3 is 20.8 Å². The fourth-order valence-electron chi connectivity index (χ4n) is 4.65. The predicted octanol–water partition coefficient (Wildman–Crippen LogP) is 4.10. The van der Waals surface area contributed by atoms with Gasteiger partial charge in [0.25, 0.3) is 5.56 Å². The summed E-state index contributed by atoms with van der Waals surface area (Å²) in [5, 5.41) is 3.51. The first-order valence-electron chi connectivity index (χ1n) is 12.0. The molecule has 1 saturated heterocycles. The van der Waals surface area contributed by atoms with Gasteiger partial charge in [-0.15, -0.1) is 0 Å². The zero-order valence-corrected chi connectivity index (χ0v) is 20.4. The third kappa shape index (κ3) is 5.85. The average molecular weight is 516 g/mol. The number of carbonyl (C=O) groups is 2. The molecule has 3 atom stereocenters. The number of nitrogens with two attached hydrogens (primary N) is 1. The number of esters is 1. The molecule has 0 saturated carbocycles. The van der Waals surface area contributed by atoms with Crippen LogP contribution in [0.3, 0.4) is 0 Å². The maximum atomic E-state index is 13.5.